The smallest absolute Gasteiger partial charge is 0.407 e. The SMILES string of the molecule is CCC1CC(=O)NN=C1c1ccc2nc(-c3ccc(OCCNCCNC(=O)OC(C)(C)C)cc3)oc2c1. The number of hydrogen-bond donors (Lipinski definition) is 3. The summed E-state index contributed by atoms with van der Waals surface area (Å²) < 4.78 is 17.0. The number of carbonyl (C=O) groups is 2. The maximum Gasteiger partial charge on any atom is 0.407 e. The zero-order valence-corrected chi connectivity index (χ0v) is 22.3. The van der Waals surface area contributed by atoms with Gasteiger partial charge in [0.1, 0.15) is 23.5 Å². The fourth-order valence-electron chi connectivity index (χ4n) is 4.05. The van der Waals surface area contributed by atoms with Crippen LogP contribution in [0.3, 0.4) is 0 Å². The zero-order chi connectivity index (χ0) is 27.1. The van der Waals surface area contributed by atoms with Crippen LogP contribution in [-0.2, 0) is 9.53 Å². The first-order chi connectivity index (χ1) is 18.2. The molecule has 3 N–H and O–H groups in total. The number of carbonyl (C=O) groups excluding carboxylic acids is 2. The van der Waals surface area contributed by atoms with Gasteiger partial charge < -0.3 is 24.5 Å². The molecule has 0 saturated carbocycles. The van der Waals surface area contributed by atoms with Crippen LogP contribution in [0.5, 0.6) is 5.75 Å². The van der Waals surface area contributed by atoms with Gasteiger partial charge in [-0.15, -0.1) is 0 Å². The van der Waals surface area contributed by atoms with Gasteiger partial charge in [-0.2, -0.15) is 5.10 Å². The highest BCUT2D eigenvalue weighted by atomic mass is 16.6. The lowest BCUT2D eigenvalue weighted by molar-refractivity contribution is -0.122. The van der Waals surface area contributed by atoms with Gasteiger partial charge in [0.15, 0.2) is 5.58 Å². The maximum absolute atomic E-state index is 11.7. The summed E-state index contributed by atoms with van der Waals surface area (Å²) in [5, 5.41) is 10.2. The molecular weight excluding hydrogens is 486 g/mol. The lowest BCUT2D eigenvalue weighted by Crippen LogP contribution is -2.37. The summed E-state index contributed by atoms with van der Waals surface area (Å²) in [6, 6.07) is 13.4. The molecule has 1 unspecified atom stereocenters. The number of hydrazone groups is 1. The van der Waals surface area contributed by atoms with Crippen molar-refractivity contribution in [3.8, 4) is 17.2 Å². The van der Waals surface area contributed by atoms with Gasteiger partial charge in [-0.3, -0.25) is 4.79 Å². The van der Waals surface area contributed by atoms with Crippen LogP contribution in [-0.4, -0.2) is 54.5 Å². The third-order valence-electron chi connectivity index (χ3n) is 5.92. The maximum atomic E-state index is 11.7. The van der Waals surface area contributed by atoms with Crippen LogP contribution in [0.4, 0.5) is 4.79 Å². The second kappa shape index (κ2) is 12.1. The first-order valence-electron chi connectivity index (χ1n) is 12.9. The van der Waals surface area contributed by atoms with Crippen LogP contribution in [0, 0.1) is 5.92 Å². The van der Waals surface area contributed by atoms with E-state index in [0.717, 1.165) is 34.5 Å². The van der Waals surface area contributed by atoms with Gasteiger partial charge in [-0.1, -0.05) is 13.0 Å². The molecule has 2 heterocycles. The Morgan fingerprint density at radius 2 is 1.87 bits per heavy atom. The van der Waals surface area contributed by atoms with Gasteiger partial charge in [-0.05, 0) is 63.6 Å². The van der Waals surface area contributed by atoms with Crippen molar-refractivity contribution in [2.24, 2.45) is 11.0 Å². The molecule has 1 aliphatic rings. The first kappa shape index (κ1) is 27.1. The minimum absolute atomic E-state index is 0.0556. The molecule has 0 bridgehead atoms. The number of oxazole rings is 1. The summed E-state index contributed by atoms with van der Waals surface area (Å²) in [6.07, 6.45) is 0.848. The molecule has 0 fully saturated rings. The number of fused-ring (bicyclic) bond motifs is 1. The summed E-state index contributed by atoms with van der Waals surface area (Å²) in [5.41, 5.74) is 6.13. The Morgan fingerprint density at radius 3 is 2.61 bits per heavy atom. The molecule has 38 heavy (non-hydrogen) atoms. The topological polar surface area (TPSA) is 127 Å². The number of rotatable bonds is 10. The van der Waals surface area contributed by atoms with E-state index in [1.807, 2.05) is 63.2 Å². The van der Waals surface area contributed by atoms with Crippen molar-refractivity contribution in [1.29, 1.82) is 0 Å². The van der Waals surface area contributed by atoms with Crippen LogP contribution in [0.1, 0.15) is 46.1 Å². The van der Waals surface area contributed by atoms with Crippen molar-refractivity contribution in [1.82, 2.24) is 21.0 Å². The normalized spacial score (nSPS) is 15.6. The molecule has 0 saturated heterocycles. The van der Waals surface area contributed by atoms with Gasteiger partial charge in [0.2, 0.25) is 11.8 Å². The predicted octanol–water partition coefficient (Wildman–Crippen LogP) is 4.24. The van der Waals surface area contributed by atoms with E-state index in [9.17, 15) is 9.59 Å². The summed E-state index contributed by atoms with van der Waals surface area (Å²) >= 11 is 0. The van der Waals surface area contributed by atoms with Crippen LogP contribution < -0.4 is 20.8 Å². The second-order valence-electron chi connectivity index (χ2n) is 10.1. The molecule has 10 nitrogen and oxygen atoms in total. The van der Waals surface area contributed by atoms with E-state index in [2.05, 4.69) is 33.1 Å². The van der Waals surface area contributed by atoms with E-state index in [4.69, 9.17) is 13.9 Å². The molecule has 1 aliphatic heterocycles. The van der Waals surface area contributed by atoms with E-state index in [1.165, 1.54) is 0 Å². The van der Waals surface area contributed by atoms with Gasteiger partial charge >= 0.3 is 6.09 Å². The molecule has 202 valence electrons. The largest absolute Gasteiger partial charge is 0.492 e. The molecular formula is C28H35N5O5. The zero-order valence-electron chi connectivity index (χ0n) is 22.3. The number of nitrogens with zero attached hydrogens (tertiary/aromatic N) is 2. The Bertz CT molecular complexity index is 1290. The number of benzene rings is 2. The molecule has 0 aliphatic carbocycles. The minimum Gasteiger partial charge on any atom is -0.492 e. The van der Waals surface area contributed by atoms with Crippen molar-refractivity contribution in [2.75, 3.05) is 26.2 Å². The fraction of sp³-hybridized carbons (Fsp3) is 0.429. The lowest BCUT2D eigenvalue weighted by atomic mass is 9.90. The summed E-state index contributed by atoms with van der Waals surface area (Å²) in [6.45, 7) is 9.75. The van der Waals surface area contributed by atoms with Crippen molar-refractivity contribution in [3.63, 3.8) is 0 Å². The third kappa shape index (κ3) is 7.32. The Balaban J connectivity index is 1.27. The predicted molar refractivity (Wildman–Crippen MR) is 145 cm³/mol. The number of amides is 2. The molecule has 0 spiro atoms. The van der Waals surface area contributed by atoms with Crippen molar-refractivity contribution >= 4 is 28.8 Å². The summed E-state index contributed by atoms with van der Waals surface area (Å²) in [4.78, 5) is 27.9. The number of alkyl carbamates (subject to hydrolysis) is 1. The third-order valence-corrected chi connectivity index (χ3v) is 5.92. The van der Waals surface area contributed by atoms with Crippen LogP contribution in [0.2, 0.25) is 0 Å². The highest BCUT2D eigenvalue weighted by molar-refractivity contribution is 6.07. The lowest BCUT2D eigenvalue weighted by Gasteiger charge is -2.21. The van der Waals surface area contributed by atoms with Gasteiger partial charge in [0, 0.05) is 43.1 Å². The first-order valence-corrected chi connectivity index (χ1v) is 12.9. The molecule has 4 rings (SSSR count). The Labute approximate surface area is 222 Å². The van der Waals surface area contributed by atoms with E-state index in [1.54, 1.807) is 0 Å². The van der Waals surface area contributed by atoms with Crippen molar-refractivity contribution in [3.05, 3.63) is 48.0 Å². The van der Waals surface area contributed by atoms with Crippen molar-refractivity contribution < 1.29 is 23.5 Å². The van der Waals surface area contributed by atoms with E-state index < -0.39 is 11.7 Å². The summed E-state index contributed by atoms with van der Waals surface area (Å²) in [7, 11) is 0. The molecule has 1 aromatic heterocycles. The average molecular weight is 522 g/mol. The molecule has 1 atom stereocenters. The molecule has 2 aromatic carbocycles. The molecule has 3 aromatic rings. The van der Waals surface area contributed by atoms with Gasteiger partial charge in [0.25, 0.3) is 0 Å². The number of nitrogens with one attached hydrogen (secondary N) is 3. The van der Waals surface area contributed by atoms with Crippen LogP contribution in [0.25, 0.3) is 22.6 Å². The van der Waals surface area contributed by atoms with E-state index in [-0.39, 0.29) is 11.8 Å². The quantitative estimate of drug-likeness (QED) is 0.341. The molecule has 10 heteroatoms. The minimum atomic E-state index is -0.505. The molecule has 2 amide bonds. The fourth-order valence-corrected chi connectivity index (χ4v) is 4.05. The Hall–Kier alpha value is -3.92. The Kier molecular flexibility index (Phi) is 8.62. The molecule has 0 radical (unpaired) electrons. The van der Waals surface area contributed by atoms with Gasteiger partial charge in [-0.25, -0.2) is 15.2 Å². The van der Waals surface area contributed by atoms with Gasteiger partial charge in [0.05, 0.1) is 5.71 Å². The van der Waals surface area contributed by atoms with Crippen molar-refractivity contribution in [2.45, 2.75) is 46.1 Å². The van der Waals surface area contributed by atoms with E-state index in [0.29, 0.717) is 44.1 Å². The average Bonchev–Trinajstić information content (AvgIpc) is 3.31. The monoisotopic (exact) mass is 521 g/mol. The second-order valence-corrected chi connectivity index (χ2v) is 10.1. The standard InChI is InChI=1S/C28H35N5O5/c1-5-18-17-24(34)32-33-25(18)20-8-11-22-23(16-20)37-26(31-22)19-6-9-21(10-7-19)36-15-14-29-12-13-30-27(35)38-28(2,3)4/h6-11,16,18,29H,5,12-15,17H2,1-4H3,(H,30,35)(H,32,34). The Morgan fingerprint density at radius 1 is 1.11 bits per heavy atom. The number of hydrogen-bond acceptors (Lipinski definition) is 8. The van der Waals surface area contributed by atoms with Crippen LogP contribution >= 0.6 is 0 Å². The highest BCUT2D eigenvalue weighted by Gasteiger charge is 2.24. The van der Waals surface area contributed by atoms with E-state index >= 15 is 0 Å². The highest BCUT2D eigenvalue weighted by Crippen LogP contribution is 2.28. The van der Waals surface area contributed by atoms with Crippen LogP contribution in [0.15, 0.2) is 52.0 Å². The summed E-state index contributed by atoms with van der Waals surface area (Å²) in [5.74, 6) is 1.29. The number of aromatic nitrogens is 1. The number of ether oxygens (including phenoxy) is 2.